The van der Waals surface area contributed by atoms with Crippen LogP contribution >= 0.6 is 0 Å². The second kappa shape index (κ2) is 4.06. The van der Waals surface area contributed by atoms with Crippen molar-refractivity contribution in [1.29, 1.82) is 0 Å². The van der Waals surface area contributed by atoms with E-state index in [1.165, 1.54) is 7.05 Å². The van der Waals surface area contributed by atoms with Crippen LogP contribution in [0.4, 0.5) is 0 Å². The van der Waals surface area contributed by atoms with Crippen LogP contribution in [-0.4, -0.2) is 23.6 Å². The molecule has 0 aliphatic rings. The number of hydrogen-bond acceptors (Lipinski definition) is 5. The maximum Gasteiger partial charge on any atom is 0.315 e. The average molecular weight is 172 g/mol. The monoisotopic (exact) mass is 172 g/mol. The number of hydrogen-bond donors (Lipinski definition) is 2. The van der Waals surface area contributed by atoms with E-state index >= 15 is 0 Å². The van der Waals surface area contributed by atoms with Gasteiger partial charge >= 0.3 is 5.70 Å². The summed E-state index contributed by atoms with van der Waals surface area (Å²) in [4.78, 5) is 23.2. The van der Waals surface area contributed by atoms with E-state index in [4.69, 9.17) is 11.5 Å². The van der Waals surface area contributed by atoms with Crippen LogP contribution in [0.15, 0.2) is 16.9 Å². The number of rotatable bonds is 3. The van der Waals surface area contributed by atoms with Crippen LogP contribution in [0.1, 0.15) is 0 Å². The van der Waals surface area contributed by atoms with E-state index in [0.29, 0.717) is 6.20 Å². The first-order valence-corrected chi connectivity index (χ1v) is 2.87. The molecule has 0 saturated carbocycles. The van der Waals surface area contributed by atoms with Gasteiger partial charge in [-0.2, -0.15) is 0 Å². The summed E-state index contributed by atoms with van der Waals surface area (Å²) in [6.07, 6.45) is 0.674. The Hall–Kier alpha value is -1.92. The minimum atomic E-state index is -0.981. The highest BCUT2D eigenvalue weighted by Crippen LogP contribution is 1.96. The minimum absolute atomic E-state index is 0.442. The van der Waals surface area contributed by atoms with Gasteiger partial charge in [0.2, 0.25) is 5.71 Å². The Kier molecular flexibility index (Phi) is 3.41. The largest absolute Gasteiger partial charge is 0.399 e. The second-order valence-corrected chi connectivity index (χ2v) is 1.75. The van der Waals surface area contributed by atoms with Crippen molar-refractivity contribution in [2.45, 2.75) is 0 Å². The molecule has 0 spiro atoms. The summed E-state index contributed by atoms with van der Waals surface area (Å²) in [6, 6.07) is 0. The summed E-state index contributed by atoms with van der Waals surface area (Å²) < 4.78 is 0. The van der Waals surface area contributed by atoms with Gasteiger partial charge in [-0.05, 0) is 0 Å². The van der Waals surface area contributed by atoms with Crippen molar-refractivity contribution >= 4 is 11.6 Å². The number of aliphatic imine (C=N–C) groups is 1. The molecular weight excluding hydrogens is 164 g/mol. The zero-order chi connectivity index (χ0) is 9.72. The van der Waals surface area contributed by atoms with Gasteiger partial charge < -0.3 is 11.5 Å². The van der Waals surface area contributed by atoms with E-state index in [1.54, 1.807) is 0 Å². The van der Waals surface area contributed by atoms with Crippen LogP contribution in [0.2, 0.25) is 0 Å². The van der Waals surface area contributed by atoms with Crippen LogP contribution < -0.4 is 11.5 Å². The van der Waals surface area contributed by atoms with Gasteiger partial charge in [0.15, 0.2) is 0 Å². The van der Waals surface area contributed by atoms with Gasteiger partial charge in [0.05, 0.1) is 11.1 Å². The molecule has 0 radical (unpaired) electrons. The first-order valence-electron chi connectivity index (χ1n) is 2.87. The first-order chi connectivity index (χ1) is 5.54. The molecule has 0 bridgehead atoms. The van der Waals surface area contributed by atoms with Crippen molar-refractivity contribution in [1.82, 2.24) is 0 Å². The van der Waals surface area contributed by atoms with E-state index in [1.807, 2.05) is 0 Å². The second-order valence-electron chi connectivity index (χ2n) is 1.75. The Morgan fingerprint density at radius 2 is 2.17 bits per heavy atom. The molecule has 0 aromatic carbocycles. The Labute approximate surface area is 67.9 Å². The molecular formula is C5H8N4O3. The van der Waals surface area contributed by atoms with Crippen molar-refractivity contribution in [3.63, 3.8) is 0 Å². The number of primary amides is 1. The average Bonchev–Trinajstić information content (AvgIpc) is 1.98. The zero-order valence-corrected chi connectivity index (χ0v) is 6.35. The number of carbonyl (C=O) groups is 1. The summed E-state index contributed by atoms with van der Waals surface area (Å²) >= 11 is 0. The molecule has 0 aromatic heterocycles. The van der Waals surface area contributed by atoms with Gasteiger partial charge in [-0.1, -0.05) is 0 Å². The summed E-state index contributed by atoms with van der Waals surface area (Å²) in [7, 11) is 1.22. The number of nitrogens with zero attached hydrogens (tertiary/aromatic N) is 2. The number of amides is 1. The van der Waals surface area contributed by atoms with Crippen molar-refractivity contribution < 1.29 is 9.72 Å². The molecule has 0 aliphatic carbocycles. The smallest absolute Gasteiger partial charge is 0.315 e. The van der Waals surface area contributed by atoms with Crippen molar-refractivity contribution in [2.24, 2.45) is 16.5 Å². The molecule has 12 heavy (non-hydrogen) atoms. The van der Waals surface area contributed by atoms with Gasteiger partial charge in [-0.3, -0.25) is 19.9 Å². The number of carbonyl (C=O) groups excluding carboxylic acids is 1. The van der Waals surface area contributed by atoms with Crippen molar-refractivity contribution in [2.75, 3.05) is 7.05 Å². The highest BCUT2D eigenvalue weighted by Gasteiger charge is 2.22. The summed E-state index contributed by atoms with van der Waals surface area (Å²) in [6.45, 7) is 0. The molecule has 7 nitrogen and oxygen atoms in total. The Bertz CT molecular complexity index is 240. The lowest BCUT2D eigenvalue weighted by molar-refractivity contribution is -0.415. The van der Waals surface area contributed by atoms with E-state index in [-0.39, 0.29) is 0 Å². The molecule has 0 atom stereocenters. The molecule has 0 fully saturated rings. The van der Waals surface area contributed by atoms with Crippen LogP contribution in [-0.2, 0) is 4.79 Å². The molecule has 7 heteroatoms. The van der Waals surface area contributed by atoms with Crippen molar-refractivity contribution in [3.8, 4) is 0 Å². The first kappa shape index (κ1) is 10.1. The fourth-order valence-corrected chi connectivity index (χ4v) is 0.577. The third-order valence-electron chi connectivity index (χ3n) is 1.05. The van der Waals surface area contributed by atoms with Gasteiger partial charge in [0.1, 0.15) is 0 Å². The molecule has 0 saturated heterocycles. The van der Waals surface area contributed by atoms with Gasteiger partial charge in [-0.15, -0.1) is 0 Å². The highest BCUT2D eigenvalue weighted by molar-refractivity contribution is 6.44. The third kappa shape index (κ3) is 2.04. The molecule has 66 valence electrons. The highest BCUT2D eigenvalue weighted by atomic mass is 16.6. The Balaban J connectivity index is 4.99. The van der Waals surface area contributed by atoms with E-state index in [9.17, 15) is 14.9 Å². The Morgan fingerprint density at radius 1 is 1.67 bits per heavy atom. The third-order valence-corrected chi connectivity index (χ3v) is 1.05. The maximum atomic E-state index is 10.5. The Morgan fingerprint density at radius 3 is 2.25 bits per heavy atom. The van der Waals surface area contributed by atoms with Gasteiger partial charge in [0, 0.05) is 7.05 Å². The summed E-state index contributed by atoms with van der Waals surface area (Å²) in [5, 5.41) is 10.2. The molecule has 4 N–H and O–H groups in total. The number of nitrogens with two attached hydrogens (primary N) is 2. The van der Waals surface area contributed by atoms with E-state index in [2.05, 4.69) is 4.99 Å². The fraction of sp³-hybridized carbons (Fsp3) is 0.200. The predicted octanol–water partition coefficient (Wildman–Crippen LogP) is -1.38. The van der Waals surface area contributed by atoms with Crippen LogP contribution in [0.25, 0.3) is 0 Å². The maximum absolute atomic E-state index is 10.5. The topological polar surface area (TPSA) is 125 Å². The summed E-state index contributed by atoms with van der Waals surface area (Å²) in [5.74, 6) is -0.981. The standard InChI is InChI=1S/C5H8N4O3/c1-8-4(5(7)10)3(2-6)9(11)12/h2H,6H2,1H3,(H2,7,10)/b3-2+,8-4?. The molecule has 0 heterocycles. The van der Waals surface area contributed by atoms with Crippen LogP contribution in [0.5, 0.6) is 0 Å². The van der Waals surface area contributed by atoms with Gasteiger partial charge in [-0.25, -0.2) is 0 Å². The molecule has 0 rings (SSSR count). The fourth-order valence-electron chi connectivity index (χ4n) is 0.577. The van der Waals surface area contributed by atoms with E-state index < -0.39 is 22.2 Å². The lowest BCUT2D eigenvalue weighted by atomic mass is 10.3. The van der Waals surface area contributed by atoms with E-state index in [0.717, 1.165) is 0 Å². The minimum Gasteiger partial charge on any atom is -0.399 e. The summed E-state index contributed by atoms with van der Waals surface area (Å²) in [5.41, 5.74) is 8.65. The molecule has 0 aliphatic heterocycles. The normalized spacial score (nSPS) is 12.8. The lowest BCUT2D eigenvalue weighted by Gasteiger charge is -1.96. The zero-order valence-electron chi connectivity index (χ0n) is 6.35. The SMILES string of the molecule is CN=C(C(N)=O)/C(=C\N)[N+](=O)[O-]. The van der Waals surface area contributed by atoms with Crippen LogP contribution in [0, 0.1) is 10.1 Å². The van der Waals surface area contributed by atoms with Crippen LogP contribution in [0.3, 0.4) is 0 Å². The molecule has 0 aromatic rings. The predicted molar refractivity (Wildman–Crippen MR) is 41.8 cm³/mol. The quantitative estimate of drug-likeness (QED) is 0.309. The molecule has 1 amide bonds. The van der Waals surface area contributed by atoms with Crippen molar-refractivity contribution in [3.05, 3.63) is 22.0 Å². The number of nitro groups is 1. The van der Waals surface area contributed by atoms with Gasteiger partial charge in [0.25, 0.3) is 5.91 Å². The molecule has 0 unspecified atom stereocenters. The lowest BCUT2D eigenvalue weighted by Crippen LogP contribution is -2.28.